The molecule has 0 aliphatic rings. The second-order valence-corrected chi connectivity index (χ2v) is 5.20. The number of nitrogens with one attached hydrogen (secondary N) is 1. The highest BCUT2D eigenvalue weighted by molar-refractivity contribution is 5.39. The zero-order valence-corrected chi connectivity index (χ0v) is 13.9. The van der Waals surface area contributed by atoms with E-state index in [9.17, 15) is 0 Å². The third-order valence-electron chi connectivity index (χ3n) is 3.58. The van der Waals surface area contributed by atoms with Crippen LogP contribution < -0.4 is 19.5 Å². The molecule has 0 saturated heterocycles. The summed E-state index contributed by atoms with van der Waals surface area (Å²) in [5, 5.41) is 3.40. The zero-order valence-electron chi connectivity index (χ0n) is 13.9. The van der Waals surface area contributed by atoms with Gasteiger partial charge in [0.15, 0.2) is 11.5 Å². The third kappa shape index (κ3) is 5.83. The normalized spacial score (nSPS) is 10.3. The predicted molar refractivity (Wildman–Crippen MR) is 92.7 cm³/mol. The summed E-state index contributed by atoms with van der Waals surface area (Å²) in [6.45, 7) is 2.42. The molecule has 2 aromatic rings. The molecule has 0 amide bonds. The lowest BCUT2D eigenvalue weighted by molar-refractivity contribution is 0.292. The van der Waals surface area contributed by atoms with Crippen molar-refractivity contribution in [2.75, 3.05) is 33.9 Å². The van der Waals surface area contributed by atoms with E-state index in [1.807, 2.05) is 36.4 Å². The van der Waals surface area contributed by atoms with E-state index >= 15 is 0 Å². The van der Waals surface area contributed by atoms with Crippen molar-refractivity contribution in [3.05, 3.63) is 54.1 Å². The summed E-state index contributed by atoms with van der Waals surface area (Å²) in [6.07, 6.45) is 2.16. The van der Waals surface area contributed by atoms with Gasteiger partial charge < -0.3 is 19.5 Å². The van der Waals surface area contributed by atoms with Crippen molar-refractivity contribution in [2.24, 2.45) is 0 Å². The van der Waals surface area contributed by atoms with Crippen LogP contribution in [0, 0.1) is 0 Å². The smallest absolute Gasteiger partial charge is 0.161 e. The first-order valence-corrected chi connectivity index (χ1v) is 7.93. The van der Waals surface area contributed by atoms with Crippen LogP contribution in [0.3, 0.4) is 0 Å². The molecule has 0 unspecified atom stereocenters. The van der Waals surface area contributed by atoms with Gasteiger partial charge in [-0.2, -0.15) is 0 Å². The first-order valence-electron chi connectivity index (χ1n) is 7.93. The molecule has 2 rings (SSSR count). The van der Waals surface area contributed by atoms with E-state index in [0.29, 0.717) is 6.61 Å². The number of aryl methyl sites for hydroxylation is 1. The summed E-state index contributed by atoms with van der Waals surface area (Å²) < 4.78 is 16.1. The van der Waals surface area contributed by atoms with Gasteiger partial charge in [-0.05, 0) is 49.2 Å². The topological polar surface area (TPSA) is 39.7 Å². The maximum Gasteiger partial charge on any atom is 0.161 e. The van der Waals surface area contributed by atoms with Crippen molar-refractivity contribution in [3.63, 3.8) is 0 Å². The van der Waals surface area contributed by atoms with Crippen molar-refractivity contribution in [1.29, 1.82) is 0 Å². The molecule has 0 aliphatic heterocycles. The van der Waals surface area contributed by atoms with Gasteiger partial charge in [0, 0.05) is 6.54 Å². The van der Waals surface area contributed by atoms with Gasteiger partial charge in [0.2, 0.25) is 0 Å². The summed E-state index contributed by atoms with van der Waals surface area (Å²) in [5.74, 6) is 2.46. The molecule has 2 aromatic carbocycles. The van der Waals surface area contributed by atoms with E-state index in [0.717, 1.165) is 43.2 Å². The fourth-order valence-corrected chi connectivity index (χ4v) is 2.31. The van der Waals surface area contributed by atoms with Crippen molar-refractivity contribution < 1.29 is 14.2 Å². The fraction of sp³-hybridized carbons (Fsp3) is 0.368. The van der Waals surface area contributed by atoms with Gasteiger partial charge in [-0.3, -0.25) is 0 Å². The molecule has 0 saturated carbocycles. The van der Waals surface area contributed by atoms with Gasteiger partial charge in [-0.1, -0.05) is 24.3 Å². The van der Waals surface area contributed by atoms with Gasteiger partial charge in [-0.25, -0.2) is 0 Å². The van der Waals surface area contributed by atoms with Crippen LogP contribution in [0.15, 0.2) is 48.5 Å². The van der Waals surface area contributed by atoms with Crippen LogP contribution in [-0.4, -0.2) is 33.9 Å². The van der Waals surface area contributed by atoms with Crippen molar-refractivity contribution in [1.82, 2.24) is 5.32 Å². The van der Waals surface area contributed by atoms with Crippen LogP contribution in [0.5, 0.6) is 17.2 Å². The molecule has 4 heteroatoms. The highest BCUT2D eigenvalue weighted by atomic mass is 16.5. The number of ether oxygens (including phenoxy) is 3. The highest BCUT2D eigenvalue weighted by Crippen LogP contribution is 2.25. The molecule has 124 valence electrons. The second kappa shape index (κ2) is 9.74. The predicted octanol–water partition coefficient (Wildman–Crippen LogP) is 3.31. The molecule has 0 fully saturated rings. The molecule has 23 heavy (non-hydrogen) atoms. The van der Waals surface area contributed by atoms with Gasteiger partial charge in [0.25, 0.3) is 0 Å². The van der Waals surface area contributed by atoms with Gasteiger partial charge in [0.05, 0.1) is 14.2 Å². The van der Waals surface area contributed by atoms with E-state index < -0.39 is 0 Å². The zero-order chi connectivity index (χ0) is 16.3. The maximum atomic E-state index is 5.72. The van der Waals surface area contributed by atoms with E-state index in [-0.39, 0.29) is 0 Å². The SMILES string of the molecule is COc1ccc(CCCNCCOc2ccccc2OC)cc1. The Morgan fingerprint density at radius 2 is 1.57 bits per heavy atom. The van der Waals surface area contributed by atoms with Crippen LogP contribution in [0.1, 0.15) is 12.0 Å². The molecule has 1 N–H and O–H groups in total. The summed E-state index contributed by atoms with van der Waals surface area (Å²) in [5.41, 5.74) is 1.33. The Labute approximate surface area is 138 Å². The minimum Gasteiger partial charge on any atom is -0.497 e. The fourth-order valence-electron chi connectivity index (χ4n) is 2.31. The Bertz CT molecular complexity index is 569. The summed E-state index contributed by atoms with van der Waals surface area (Å²) in [6, 6.07) is 15.9. The van der Waals surface area contributed by atoms with Gasteiger partial charge in [0.1, 0.15) is 12.4 Å². The average molecular weight is 315 g/mol. The number of hydrogen-bond acceptors (Lipinski definition) is 4. The Kier molecular flexibility index (Phi) is 7.27. The second-order valence-electron chi connectivity index (χ2n) is 5.20. The van der Waals surface area contributed by atoms with Crippen LogP contribution in [0.2, 0.25) is 0 Å². The Balaban J connectivity index is 1.57. The van der Waals surface area contributed by atoms with E-state index in [2.05, 4.69) is 17.4 Å². The number of rotatable bonds is 10. The minimum atomic E-state index is 0.628. The van der Waals surface area contributed by atoms with Crippen LogP contribution >= 0.6 is 0 Å². The summed E-state index contributed by atoms with van der Waals surface area (Å²) >= 11 is 0. The molecular weight excluding hydrogens is 290 g/mol. The lowest BCUT2D eigenvalue weighted by atomic mass is 10.1. The molecular formula is C19H25NO3. The van der Waals surface area contributed by atoms with Crippen LogP contribution in [0.25, 0.3) is 0 Å². The first-order chi connectivity index (χ1) is 11.3. The summed E-state index contributed by atoms with van der Waals surface area (Å²) in [7, 11) is 3.34. The first kappa shape index (κ1) is 17.2. The number of para-hydroxylation sites is 2. The molecule has 0 radical (unpaired) electrons. The van der Waals surface area contributed by atoms with Crippen LogP contribution in [0.4, 0.5) is 0 Å². The molecule has 0 heterocycles. The Morgan fingerprint density at radius 1 is 0.826 bits per heavy atom. The lowest BCUT2D eigenvalue weighted by Gasteiger charge is -2.10. The van der Waals surface area contributed by atoms with Gasteiger partial charge >= 0.3 is 0 Å². The van der Waals surface area contributed by atoms with Crippen molar-refractivity contribution >= 4 is 0 Å². The lowest BCUT2D eigenvalue weighted by Crippen LogP contribution is -2.22. The molecule has 0 bridgehead atoms. The van der Waals surface area contributed by atoms with E-state index in [1.54, 1.807) is 14.2 Å². The summed E-state index contributed by atoms with van der Waals surface area (Å²) in [4.78, 5) is 0. The van der Waals surface area contributed by atoms with E-state index in [4.69, 9.17) is 14.2 Å². The maximum absolute atomic E-state index is 5.72. The molecule has 0 aromatic heterocycles. The molecule has 4 nitrogen and oxygen atoms in total. The van der Waals surface area contributed by atoms with Crippen molar-refractivity contribution in [3.8, 4) is 17.2 Å². The number of methoxy groups -OCH3 is 2. The Morgan fingerprint density at radius 3 is 2.26 bits per heavy atom. The molecule has 0 spiro atoms. The quantitative estimate of drug-likeness (QED) is 0.683. The third-order valence-corrected chi connectivity index (χ3v) is 3.58. The largest absolute Gasteiger partial charge is 0.497 e. The highest BCUT2D eigenvalue weighted by Gasteiger charge is 2.01. The van der Waals surface area contributed by atoms with Crippen molar-refractivity contribution in [2.45, 2.75) is 12.8 Å². The number of benzene rings is 2. The van der Waals surface area contributed by atoms with Crippen LogP contribution in [-0.2, 0) is 6.42 Å². The standard InChI is InChI=1S/C19H25NO3/c1-21-17-11-9-16(10-12-17)6-5-13-20-14-15-23-19-8-4-3-7-18(19)22-2/h3-4,7-12,20H,5-6,13-15H2,1-2H3. The monoisotopic (exact) mass is 315 g/mol. The molecule has 0 aliphatic carbocycles. The average Bonchev–Trinajstić information content (AvgIpc) is 2.61. The number of hydrogen-bond donors (Lipinski definition) is 1. The van der Waals surface area contributed by atoms with Gasteiger partial charge in [-0.15, -0.1) is 0 Å². The minimum absolute atomic E-state index is 0.628. The Hall–Kier alpha value is -2.20. The molecule has 0 atom stereocenters. The van der Waals surface area contributed by atoms with E-state index in [1.165, 1.54) is 5.56 Å².